The minimum Gasteiger partial charge on any atom is -0.492 e. The Kier molecular flexibility index (Phi) is 4.93. The average molecular weight is 395 g/mol. The summed E-state index contributed by atoms with van der Waals surface area (Å²) in [7, 11) is 1.83. The normalized spacial score (nSPS) is 16.4. The van der Waals surface area contributed by atoms with Gasteiger partial charge < -0.3 is 9.64 Å². The van der Waals surface area contributed by atoms with E-state index in [-0.39, 0.29) is 11.8 Å². The Morgan fingerprint density at radius 3 is 2.78 bits per heavy atom. The van der Waals surface area contributed by atoms with Crippen molar-refractivity contribution in [3.05, 3.63) is 63.1 Å². The highest BCUT2D eigenvalue weighted by atomic mass is 79.9. The van der Waals surface area contributed by atoms with E-state index in [1.165, 1.54) is 0 Å². The first-order valence-electron chi connectivity index (χ1n) is 7.43. The number of carbonyl (C=O) groups is 1. The largest absolute Gasteiger partial charge is 0.492 e. The summed E-state index contributed by atoms with van der Waals surface area (Å²) >= 11 is 9.45. The molecule has 23 heavy (non-hydrogen) atoms. The molecule has 2 aromatic rings. The molecule has 0 N–H and O–H groups in total. The van der Waals surface area contributed by atoms with Crippen molar-refractivity contribution in [3.8, 4) is 5.75 Å². The molecule has 3 nitrogen and oxygen atoms in total. The van der Waals surface area contributed by atoms with Crippen molar-refractivity contribution in [1.29, 1.82) is 0 Å². The Balaban J connectivity index is 1.67. The molecule has 0 aromatic heterocycles. The Morgan fingerprint density at radius 2 is 2.04 bits per heavy atom. The molecule has 1 atom stereocenters. The van der Waals surface area contributed by atoms with Gasteiger partial charge in [0.1, 0.15) is 12.4 Å². The predicted octanol–water partition coefficient (Wildman–Crippen LogP) is 4.31. The van der Waals surface area contributed by atoms with Crippen LogP contribution in [0, 0.1) is 5.92 Å². The van der Waals surface area contributed by atoms with Crippen LogP contribution in [0.5, 0.6) is 5.75 Å². The van der Waals surface area contributed by atoms with Crippen LogP contribution in [0.25, 0.3) is 0 Å². The zero-order valence-corrected chi connectivity index (χ0v) is 15.1. The minimum absolute atomic E-state index is 0.0959. The fourth-order valence-electron chi connectivity index (χ4n) is 2.77. The van der Waals surface area contributed by atoms with Gasteiger partial charge in [-0.05, 0) is 47.9 Å². The first kappa shape index (κ1) is 16.3. The van der Waals surface area contributed by atoms with E-state index in [4.69, 9.17) is 16.3 Å². The summed E-state index contributed by atoms with van der Waals surface area (Å²) in [6.45, 7) is 1.00. The van der Waals surface area contributed by atoms with Gasteiger partial charge in [-0.15, -0.1) is 0 Å². The van der Waals surface area contributed by atoms with E-state index in [0.717, 1.165) is 21.3 Å². The average Bonchev–Trinajstić information content (AvgIpc) is 2.55. The van der Waals surface area contributed by atoms with E-state index in [9.17, 15) is 4.79 Å². The summed E-state index contributed by atoms with van der Waals surface area (Å²) in [5.41, 5.74) is 2.10. The number of hydrogen-bond donors (Lipinski definition) is 0. The molecule has 1 amide bonds. The second kappa shape index (κ2) is 6.93. The quantitative estimate of drug-likeness (QED) is 0.776. The summed E-state index contributed by atoms with van der Waals surface area (Å²) in [4.78, 5) is 14.4. The van der Waals surface area contributed by atoms with E-state index in [0.29, 0.717) is 24.6 Å². The first-order chi connectivity index (χ1) is 11.0. The molecule has 0 bridgehead atoms. The number of halogens is 2. The molecule has 120 valence electrons. The highest BCUT2D eigenvalue weighted by Crippen LogP contribution is 2.30. The highest BCUT2D eigenvalue weighted by molar-refractivity contribution is 9.10. The molecule has 5 heteroatoms. The monoisotopic (exact) mass is 393 g/mol. The van der Waals surface area contributed by atoms with Gasteiger partial charge in [-0.2, -0.15) is 0 Å². The molecule has 0 unspecified atom stereocenters. The van der Waals surface area contributed by atoms with Gasteiger partial charge in [0.2, 0.25) is 5.91 Å². The fraction of sp³-hybridized carbons (Fsp3) is 0.278. The number of amides is 1. The summed E-state index contributed by atoms with van der Waals surface area (Å²) in [5, 5.41) is 0.670. The summed E-state index contributed by atoms with van der Waals surface area (Å²) in [6.07, 6.45) is 0.666. The predicted molar refractivity (Wildman–Crippen MR) is 94.8 cm³/mol. The third-order valence-electron chi connectivity index (χ3n) is 3.99. The minimum atomic E-state index is -0.165. The highest BCUT2D eigenvalue weighted by Gasteiger charge is 2.28. The van der Waals surface area contributed by atoms with Gasteiger partial charge in [0, 0.05) is 23.1 Å². The topological polar surface area (TPSA) is 29.5 Å². The van der Waals surface area contributed by atoms with Crippen LogP contribution in [0.15, 0.2) is 46.9 Å². The lowest BCUT2D eigenvalue weighted by Gasteiger charge is -2.28. The number of benzene rings is 2. The van der Waals surface area contributed by atoms with Crippen molar-refractivity contribution in [1.82, 2.24) is 4.90 Å². The Hall–Kier alpha value is -1.52. The zero-order valence-electron chi connectivity index (χ0n) is 12.8. The van der Waals surface area contributed by atoms with Crippen LogP contribution in [0.3, 0.4) is 0 Å². The summed E-state index contributed by atoms with van der Waals surface area (Å²) in [6, 6.07) is 13.5. The maximum Gasteiger partial charge on any atom is 0.229 e. The Labute approximate surface area is 149 Å². The molecule has 0 aliphatic carbocycles. The van der Waals surface area contributed by atoms with E-state index >= 15 is 0 Å². The van der Waals surface area contributed by atoms with Crippen molar-refractivity contribution in [2.45, 2.75) is 13.0 Å². The van der Waals surface area contributed by atoms with Crippen molar-refractivity contribution >= 4 is 33.4 Å². The van der Waals surface area contributed by atoms with Gasteiger partial charge in [0.25, 0.3) is 0 Å². The maximum absolute atomic E-state index is 12.7. The lowest BCUT2D eigenvalue weighted by Crippen LogP contribution is -2.38. The number of carbonyl (C=O) groups excluding carboxylic acids is 1. The van der Waals surface area contributed by atoms with E-state index in [1.54, 1.807) is 4.90 Å². The Morgan fingerprint density at radius 1 is 1.30 bits per heavy atom. The van der Waals surface area contributed by atoms with Crippen molar-refractivity contribution in [2.75, 3.05) is 13.7 Å². The lowest BCUT2D eigenvalue weighted by molar-refractivity contribution is -0.136. The third kappa shape index (κ3) is 3.88. The molecule has 2 aromatic carbocycles. The van der Waals surface area contributed by atoms with Crippen LogP contribution >= 0.6 is 27.5 Å². The first-order valence-corrected chi connectivity index (χ1v) is 8.60. The number of hydrogen-bond acceptors (Lipinski definition) is 2. The van der Waals surface area contributed by atoms with Crippen molar-refractivity contribution in [2.24, 2.45) is 5.92 Å². The smallest absolute Gasteiger partial charge is 0.229 e. The van der Waals surface area contributed by atoms with Gasteiger partial charge in [-0.1, -0.05) is 39.7 Å². The molecular formula is C18H17BrClNO2. The molecule has 0 fully saturated rings. The second-order valence-corrected chi connectivity index (χ2v) is 7.14. The van der Waals surface area contributed by atoms with Gasteiger partial charge in [-0.3, -0.25) is 4.79 Å². The number of fused-ring (bicyclic) bond motifs is 1. The maximum atomic E-state index is 12.7. The molecule has 1 aliphatic heterocycles. The van der Waals surface area contributed by atoms with Crippen LogP contribution in [0.1, 0.15) is 11.1 Å². The molecule has 1 heterocycles. The SMILES string of the molecule is CN(Cc1ccc(Br)cc1)C(=O)[C@H]1COc2ccc(Cl)cc2C1. The van der Waals surface area contributed by atoms with Crippen molar-refractivity contribution in [3.63, 3.8) is 0 Å². The molecule has 0 saturated carbocycles. The van der Waals surface area contributed by atoms with Gasteiger partial charge in [0.05, 0.1) is 5.92 Å². The van der Waals surface area contributed by atoms with Gasteiger partial charge in [0.15, 0.2) is 0 Å². The molecule has 3 rings (SSSR count). The van der Waals surface area contributed by atoms with E-state index < -0.39 is 0 Å². The standard InChI is InChI=1S/C18H17BrClNO2/c1-21(10-12-2-4-15(19)5-3-12)18(22)14-8-13-9-16(20)6-7-17(13)23-11-14/h2-7,9,14H,8,10-11H2,1H3/t14-/m1/s1. The molecular weight excluding hydrogens is 378 g/mol. The third-order valence-corrected chi connectivity index (χ3v) is 4.75. The van der Waals surface area contributed by atoms with E-state index in [2.05, 4.69) is 15.9 Å². The van der Waals surface area contributed by atoms with Crippen LogP contribution in [0.2, 0.25) is 5.02 Å². The molecule has 1 aliphatic rings. The lowest BCUT2D eigenvalue weighted by atomic mass is 9.95. The number of ether oxygens (including phenoxy) is 1. The number of nitrogens with zero attached hydrogens (tertiary/aromatic N) is 1. The van der Waals surface area contributed by atoms with Gasteiger partial charge >= 0.3 is 0 Å². The van der Waals surface area contributed by atoms with Crippen LogP contribution in [-0.2, 0) is 17.8 Å². The van der Waals surface area contributed by atoms with Crippen LogP contribution in [-0.4, -0.2) is 24.5 Å². The Bertz CT molecular complexity index is 717. The van der Waals surface area contributed by atoms with Crippen molar-refractivity contribution < 1.29 is 9.53 Å². The molecule has 0 saturated heterocycles. The van der Waals surface area contributed by atoms with Gasteiger partial charge in [-0.25, -0.2) is 0 Å². The zero-order chi connectivity index (χ0) is 16.4. The fourth-order valence-corrected chi connectivity index (χ4v) is 3.23. The van der Waals surface area contributed by atoms with Crippen LogP contribution < -0.4 is 4.74 Å². The molecule has 0 spiro atoms. The summed E-state index contributed by atoms with van der Waals surface area (Å²) in [5.74, 6) is 0.758. The van der Waals surface area contributed by atoms with Crippen LogP contribution in [0.4, 0.5) is 0 Å². The number of rotatable bonds is 3. The summed E-state index contributed by atoms with van der Waals surface area (Å²) < 4.78 is 6.75. The second-order valence-electron chi connectivity index (χ2n) is 5.78. The molecule has 0 radical (unpaired) electrons. The van der Waals surface area contributed by atoms with E-state index in [1.807, 2.05) is 49.5 Å².